The molecule has 4 nitrogen and oxygen atoms in total. The molecule has 0 radical (unpaired) electrons. The molecule has 4 heteroatoms. The molecule has 1 aromatic heterocycles. The summed E-state index contributed by atoms with van der Waals surface area (Å²) < 4.78 is 2.05. The minimum atomic E-state index is 0.0579. The summed E-state index contributed by atoms with van der Waals surface area (Å²) in [6, 6.07) is 18.2. The van der Waals surface area contributed by atoms with Crippen LogP contribution in [0.25, 0.3) is 11.0 Å². The lowest BCUT2D eigenvalue weighted by Gasteiger charge is -2.07. The summed E-state index contributed by atoms with van der Waals surface area (Å²) >= 11 is 0. The Hall–Kier alpha value is -2.62. The molecule has 116 valence electrons. The Kier molecular flexibility index (Phi) is 3.37. The second-order valence-corrected chi connectivity index (χ2v) is 6.02. The predicted molar refractivity (Wildman–Crippen MR) is 91.3 cm³/mol. The molecule has 2 aromatic carbocycles. The number of imidazole rings is 1. The van der Waals surface area contributed by atoms with Crippen LogP contribution in [0.4, 0.5) is 5.95 Å². The number of fused-ring (bicyclic) bond motifs is 1. The summed E-state index contributed by atoms with van der Waals surface area (Å²) in [4.78, 5) is 17.1. The minimum Gasteiger partial charge on any atom is -0.310 e. The van der Waals surface area contributed by atoms with Gasteiger partial charge >= 0.3 is 0 Å². The number of carbonyl (C=O) groups is 1. The SMILES string of the molecule is CCn1c(NC(=O)C2CC2c2ccccc2)nc2ccccc21. The third kappa shape index (κ3) is 2.50. The molecule has 1 saturated carbocycles. The molecular formula is C19H19N3O. The van der Waals surface area contributed by atoms with Crippen molar-refractivity contribution in [2.24, 2.45) is 5.92 Å². The maximum atomic E-state index is 12.5. The maximum Gasteiger partial charge on any atom is 0.230 e. The number of benzene rings is 2. The third-order valence-electron chi connectivity index (χ3n) is 4.56. The first-order valence-corrected chi connectivity index (χ1v) is 8.09. The van der Waals surface area contributed by atoms with Gasteiger partial charge < -0.3 is 4.57 Å². The largest absolute Gasteiger partial charge is 0.310 e. The molecule has 1 aliphatic rings. The highest BCUT2D eigenvalue weighted by molar-refractivity contribution is 5.95. The van der Waals surface area contributed by atoms with Gasteiger partial charge in [0.15, 0.2) is 0 Å². The van der Waals surface area contributed by atoms with Gasteiger partial charge in [0.1, 0.15) is 0 Å². The van der Waals surface area contributed by atoms with Crippen LogP contribution in [0.5, 0.6) is 0 Å². The summed E-state index contributed by atoms with van der Waals surface area (Å²) in [7, 11) is 0. The number of anilines is 1. The van der Waals surface area contributed by atoms with E-state index >= 15 is 0 Å². The predicted octanol–water partition coefficient (Wildman–Crippen LogP) is 3.80. The monoisotopic (exact) mass is 305 g/mol. The van der Waals surface area contributed by atoms with Crippen molar-refractivity contribution in [3.63, 3.8) is 0 Å². The molecule has 23 heavy (non-hydrogen) atoms. The number of nitrogens with zero attached hydrogens (tertiary/aromatic N) is 2. The average molecular weight is 305 g/mol. The van der Waals surface area contributed by atoms with E-state index in [-0.39, 0.29) is 11.8 Å². The Balaban J connectivity index is 1.54. The van der Waals surface area contributed by atoms with Gasteiger partial charge in [0.25, 0.3) is 0 Å². The molecule has 1 fully saturated rings. The molecule has 2 atom stereocenters. The Morgan fingerprint density at radius 3 is 2.70 bits per heavy atom. The third-order valence-corrected chi connectivity index (χ3v) is 4.56. The van der Waals surface area contributed by atoms with E-state index < -0.39 is 0 Å². The molecule has 3 aromatic rings. The van der Waals surface area contributed by atoms with E-state index in [0.29, 0.717) is 11.9 Å². The molecule has 0 bridgehead atoms. The van der Waals surface area contributed by atoms with E-state index in [9.17, 15) is 4.79 Å². The highest BCUT2D eigenvalue weighted by Gasteiger charge is 2.44. The number of hydrogen-bond acceptors (Lipinski definition) is 2. The zero-order valence-electron chi connectivity index (χ0n) is 13.1. The zero-order valence-corrected chi connectivity index (χ0v) is 13.1. The van der Waals surface area contributed by atoms with Gasteiger partial charge in [0.05, 0.1) is 11.0 Å². The first-order chi connectivity index (χ1) is 11.3. The van der Waals surface area contributed by atoms with Crippen molar-refractivity contribution in [2.45, 2.75) is 25.8 Å². The van der Waals surface area contributed by atoms with E-state index in [0.717, 1.165) is 24.0 Å². The Labute approximate surface area is 135 Å². The molecule has 1 amide bonds. The highest BCUT2D eigenvalue weighted by atomic mass is 16.2. The van der Waals surface area contributed by atoms with Crippen molar-refractivity contribution < 1.29 is 4.79 Å². The van der Waals surface area contributed by atoms with Crippen LogP contribution in [0.1, 0.15) is 24.8 Å². The lowest BCUT2D eigenvalue weighted by molar-refractivity contribution is -0.117. The molecule has 0 saturated heterocycles. The van der Waals surface area contributed by atoms with Gasteiger partial charge in [-0.1, -0.05) is 42.5 Å². The quantitative estimate of drug-likeness (QED) is 0.797. The number of nitrogens with one attached hydrogen (secondary N) is 1. The fourth-order valence-corrected chi connectivity index (χ4v) is 3.25. The summed E-state index contributed by atoms with van der Waals surface area (Å²) in [5.41, 5.74) is 3.22. The smallest absolute Gasteiger partial charge is 0.230 e. The van der Waals surface area contributed by atoms with Gasteiger partial charge in [-0.2, -0.15) is 0 Å². The van der Waals surface area contributed by atoms with E-state index in [1.165, 1.54) is 5.56 Å². The second kappa shape index (κ2) is 5.54. The van der Waals surface area contributed by atoms with Gasteiger partial charge in [0, 0.05) is 12.5 Å². The Morgan fingerprint density at radius 2 is 1.91 bits per heavy atom. The lowest BCUT2D eigenvalue weighted by atomic mass is 10.1. The van der Waals surface area contributed by atoms with E-state index in [1.54, 1.807) is 0 Å². The van der Waals surface area contributed by atoms with Crippen molar-refractivity contribution in [3.8, 4) is 0 Å². The fraction of sp³-hybridized carbons (Fsp3) is 0.263. The number of aryl methyl sites for hydroxylation is 1. The molecule has 0 aliphatic heterocycles. The van der Waals surface area contributed by atoms with Crippen LogP contribution in [-0.4, -0.2) is 15.5 Å². The number of hydrogen-bond donors (Lipinski definition) is 1. The van der Waals surface area contributed by atoms with Crippen molar-refractivity contribution in [2.75, 3.05) is 5.32 Å². The van der Waals surface area contributed by atoms with E-state index in [4.69, 9.17) is 0 Å². The molecule has 1 aliphatic carbocycles. The van der Waals surface area contributed by atoms with Crippen LogP contribution in [0.3, 0.4) is 0 Å². The van der Waals surface area contributed by atoms with Gasteiger partial charge in [-0.3, -0.25) is 10.1 Å². The van der Waals surface area contributed by atoms with Crippen LogP contribution in [0, 0.1) is 5.92 Å². The molecule has 1 heterocycles. The van der Waals surface area contributed by atoms with Gasteiger partial charge in [-0.05, 0) is 37.0 Å². The zero-order chi connectivity index (χ0) is 15.8. The number of para-hydroxylation sites is 2. The number of carbonyl (C=O) groups excluding carboxylic acids is 1. The minimum absolute atomic E-state index is 0.0579. The summed E-state index contributed by atoms with van der Waals surface area (Å²) in [5, 5.41) is 3.03. The first kappa shape index (κ1) is 14.0. The van der Waals surface area contributed by atoms with Crippen molar-refractivity contribution in [1.29, 1.82) is 0 Å². The molecular weight excluding hydrogens is 286 g/mol. The van der Waals surface area contributed by atoms with Crippen molar-refractivity contribution in [1.82, 2.24) is 9.55 Å². The standard InChI is InChI=1S/C19H19N3O/c1-2-22-17-11-7-6-10-16(17)20-19(22)21-18(23)15-12-14(15)13-8-4-3-5-9-13/h3-11,14-15H,2,12H2,1H3,(H,20,21,23). The number of rotatable bonds is 4. The second-order valence-electron chi connectivity index (χ2n) is 6.02. The van der Waals surface area contributed by atoms with Gasteiger partial charge in [-0.25, -0.2) is 4.98 Å². The van der Waals surface area contributed by atoms with Crippen molar-refractivity contribution >= 4 is 22.9 Å². The molecule has 0 spiro atoms. The summed E-state index contributed by atoms with van der Waals surface area (Å²) in [5.74, 6) is 1.12. The topological polar surface area (TPSA) is 46.9 Å². The van der Waals surface area contributed by atoms with E-state index in [1.807, 2.05) is 47.0 Å². The molecule has 4 rings (SSSR count). The Bertz CT molecular complexity index is 853. The van der Waals surface area contributed by atoms with Crippen LogP contribution in [-0.2, 0) is 11.3 Å². The lowest BCUT2D eigenvalue weighted by Crippen LogP contribution is -2.18. The van der Waals surface area contributed by atoms with E-state index in [2.05, 4.69) is 29.4 Å². The number of aromatic nitrogens is 2. The number of amides is 1. The Morgan fingerprint density at radius 1 is 1.17 bits per heavy atom. The van der Waals surface area contributed by atoms with Gasteiger partial charge in [0.2, 0.25) is 11.9 Å². The van der Waals surface area contributed by atoms with Crippen molar-refractivity contribution in [3.05, 3.63) is 60.2 Å². The first-order valence-electron chi connectivity index (χ1n) is 8.09. The molecule has 1 N–H and O–H groups in total. The van der Waals surface area contributed by atoms with Crippen LogP contribution in [0.2, 0.25) is 0 Å². The average Bonchev–Trinajstić information content (AvgIpc) is 3.31. The fourth-order valence-electron chi connectivity index (χ4n) is 3.25. The highest BCUT2D eigenvalue weighted by Crippen LogP contribution is 2.47. The van der Waals surface area contributed by atoms with Crippen LogP contribution >= 0.6 is 0 Å². The van der Waals surface area contributed by atoms with Gasteiger partial charge in [-0.15, -0.1) is 0 Å². The maximum absolute atomic E-state index is 12.5. The normalized spacial score (nSPS) is 19.7. The molecule has 2 unspecified atom stereocenters. The van der Waals surface area contributed by atoms with Crippen LogP contribution < -0.4 is 5.32 Å². The summed E-state index contributed by atoms with van der Waals surface area (Å²) in [6.07, 6.45) is 0.919. The van der Waals surface area contributed by atoms with Crippen LogP contribution in [0.15, 0.2) is 54.6 Å². The summed E-state index contributed by atoms with van der Waals surface area (Å²) in [6.45, 7) is 2.84.